The van der Waals surface area contributed by atoms with Gasteiger partial charge in [0.2, 0.25) is 0 Å². The third-order valence-electron chi connectivity index (χ3n) is 14.3. The molecule has 0 radical (unpaired) electrons. The highest BCUT2D eigenvalue weighted by atomic mass is 15.3. The second-order valence-corrected chi connectivity index (χ2v) is 41.1. The van der Waals surface area contributed by atoms with Crippen molar-refractivity contribution in [2.24, 2.45) is 54.5 Å². The molecule has 0 unspecified atom stereocenters. The second kappa shape index (κ2) is 71.3. The number of nitrogens with zero attached hydrogens (tertiary/aromatic N) is 2. The molecule has 8 N–H and O–H groups in total. The van der Waals surface area contributed by atoms with Crippen molar-refractivity contribution in [3.63, 3.8) is 0 Å². The van der Waals surface area contributed by atoms with Gasteiger partial charge >= 0.3 is 0 Å². The first-order valence-electron chi connectivity index (χ1n) is 41.4. The van der Waals surface area contributed by atoms with E-state index in [1.807, 2.05) is 7.05 Å². The van der Waals surface area contributed by atoms with Crippen LogP contribution in [0.4, 0.5) is 0 Å². The van der Waals surface area contributed by atoms with E-state index in [4.69, 9.17) is 5.73 Å². The Morgan fingerprint density at radius 2 is 0.505 bits per heavy atom. The van der Waals surface area contributed by atoms with Gasteiger partial charge in [-0.15, -0.1) is 0 Å². The minimum absolute atomic E-state index is 0.319. The Kier molecular flexibility index (Phi) is 84.5. The van der Waals surface area contributed by atoms with Crippen molar-refractivity contribution in [3.8, 4) is 0 Å². The van der Waals surface area contributed by atoms with Crippen LogP contribution in [0.2, 0.25) is 0 Å². The largest absolute Gasteiger partial charge is 0.330 e. The lowest BCUT2D eigenvalue weighted by atomic mass is 9.91. The maximum atomic E-state index is 5.31. The van der Waals surface area contributed by atoms with Crippen LogP contribution in [-0.2, 0) is 0 Å². The van der Waals surface area contributed by atoms with Crippen molar-refractivity contribution >= 4 is 0 Å². The summed E-state index contributed by atoms with van der Waals surface area (Å²) in [6.07, 6.45) is 37.1. The van der Waals surface area contributed by atoms with Crippen LogP contribution in [0.3, 0.4) is 0 Å². The summed E-state index contributed by atoms with van der Waals surface area (Å²) in [5, 5.41) is 20.6. The molecule has 600 valence electrons. The van der Waals surface area contributed by atoms with Crippen molar-refractivity contribution < 1.29 is 4.48 Å². The first-order valence-corrected chi connectivity index (χ1v) is 41.4. The van der Waals surface area contributed by atoms with Gasteiger partial charge in [-0.2, -0.15) is 0 Å². The molecule has 0 aliphatic carbocycles. The lowest BCUT2D eigenvalue weighted by Gasteiger charge is -2.31. The van der Waals surface area contributed by atoms with E-state index in [1.165, 1.54) is 219 Å². The van der Waals surface area contributed by atoms with E-state index in [-0.39, 0.29) is 0 Å². The van der Waals surface area contributed by atoms with Gasteiger partial charge < -0.3 is 47.0 Å². The zero-order valence-electron chi connectivity index (χ0n) is 76.0. The van der Waals surface area contributed by atoms with Gasteiger partial charge in [0, 0.05) is 12.0 Å². The van der Waals surface area contributed by atoms with Gasteiger partial charge in [0.25, 0.3) is 0 Å². The number of rotatable bonds is 40. The lowest BCUT2D eigenvalue weighted by Crippen LogP contribution is -2.41. The van der Waals surface area contributed by atoms with Crippen LogP contribution in [0.15, 0.2) is 0 Å². The van der Waals surface area contributed by atoms with Gasteiger partial charge in [0.05, 0.1) is 27.7 Å². The van der Waals surface area contributed by atoms with Crippen molar-refractivity contribution in [3.05, 3.63) is 0 Å². The molecular weight excluding hydrogens is 1180 g/mol. The van der Waals surface area contributed by atoms with Crippen molar-refractivity contribution in [2.75, 3.05) is 134 Å². The van der Waals surface area contributed by atoms with Gasteiger partial charge in [-0.1, -0.05) is 337 Å². The molecule has 0 spiro atoms. The van der Waals surface area contributed by atoms with E-state index < -0.39 is 0 Å². The topological polar surface area (TPSA) is 101 Å². The van der Waals surface area contributed by atoms with E-state index in [1.54, 1.807) is 0 Å². The fourth-order valence-electron chi connectivity index (χ4n) is 9.97. The molecular formula is C88H204N9+. The van der Waals surface area contributed by atoms with Crippen LogP contribution >= 0.6 is 0 Å². The maximum Gasteiger partial charge on any atom is 0.0829 e. The van der Waals surface area contributed by atoms with Gasteiger partial charge in [-0.3, -0.25) is 0 Å². The highest BCUT2D eigenvalue weighted by Gasteiger charge is 2.20. The fourth-order valence-corrected chi connectivity index (χ4v) is 9.97. The standard InChI is InChI=1S/2C16H35N.2C11H25N.C8H20N.C8H19N.C7H17N.C6H15N.C5H13N/c2*1-5-6-7-8-9-10-11-14-17-15-12-13-16(2,3)4;2*1-5-6-7-8-9-12-10-11(2,3)4;1-8(2,3)7-9(4,5)6;1-5-6-9-7-8(2,3)4;1-7(2,3)6-8(4)5;1-6(2,3)5-7-4;1-5(2,3)4-6/h2*17H,5-15H2,1-4H3;2*12H,5-10H2,1-4H3;7H2,1-6H3;9H,5-7H2,1-4H3;6H2,1-5H3;7H,5H2,1-4H3;4,6H2,1-3H3/q;;;;+1;;;;. The molecule has 0 bridgehead atoms. The third-order valence-corrected chi connectivity index (χ3v) is 14.3. The molecule has 0 heterocycles. The summed E-state index contributed by atoms with van der Waals surface area (Å²) in [6, 6.07) is 0. The Labute approximate surface area is 621 Å². The Morgan fingerprint density at radius 3 is 0.670 bits per heavy atom. The van der Waals surface area contributed by atoms with Crippen LogP contribution in [-0.4, -0.2) is 143 Å². The smallest absolute Gasteiger partial charge is 0.0829 e. The fraction of sp³-hybridized carbons (Fsp3) is 1.00. The Balaban J connectivity index is -0.000000131. The number of hydrogen-bond donors (Lipinski definition) is 7. The quantitative estimate of drug-likeness (QED) is 0.0241. The minimum Gasteiger partial charge on any atom is -0.330 e. The molecule has 0 atom stereocenters. The van der Waals surface area contributed by atoms with Gasteiger partial charge in [0.15, 0.2) is 0 Å². The molecule has 0 saturated heterocycles. The van der Waals surface area contributed by atoms with E-state index in [0.29, 0.717) is 48.7 Å². The Morgan fingerprint density at radius 1 is 0.268 bits per heavy atom. The molecule has 0 amide bonds. The molecule has 97 heavy (non-hydrogen) atoms. The summed E-state index contributed by atoms with van der Waals surface area (Å²) in [4.78, 5) is 2.21. The monoisotopic (exact) mass is 1390 g/mol. The molecule has 0 aromatic rings. The summed E-state index contributed by atoms with van der Waals surface area (Å²) in [5.41, 5.74) is 9.28. The molecule has 0 fully saturated rings. The van der Waals surface area contributed by atoms with E-state index in [0.717, 1.165) is 50.3 Å². The number of nitrogens with one attached hydrogen (secondary N) is 6. The summed E-state index contributed by atoms with van der Waals surface area (Å²) >= 11 is 0. The molecule has 0 aromatic carbocycles. The molecule has 0 rings (SSSR count). The average molecular weight is 1390 g/mol. The van der Waals surface area contributed by atoms with Gasteiger partial charge in [-0.25, -0.2) is 0 Å². The highest BCUT2D eigenvalue weighted by Crippen LogP contribution is 2.22. The minimum atomic E-state index is 0.319. The van der Waals surface area contributed by atoms with Gasteiger partial charge in [0.1, 0.15) is 0 Å². The first-order chi connectivity index (χ1) is 44.0. The maximum absolute atomic E-state index is 5.31. The number of hydrogen-bond acceptors (Lipinski definition) is 8. The first kappa shape index (κ1) is 115. The molecule has 9 heteroatoms. The summed E-state index contributed by atoms with van der Waals surface area (Å²) in [7, 11) is 12.9. The lowest BCUT2D eigenvalue weighted by molar-refractivity contribution is -0.876. The van der Waals surface area contributed by atoms with Crippen LogP contribution in [0.25, 0.3) is 0 Å². The number of unbranched alkanes of at least 4 members (excludes halogenated alkanes) is 18. The molecule has 0 aliphatic heterocycles. The zero-order valence-corrected chi connectivity index (χ0v) is 76.0. The summed E-state index contributed by atoms with van der Waals surface area (Å²) < 4.78 is 1.06. The average Bonchev–Trinajstić information content (AvgIpc) is 1.24. The molecule has 0 aliphatic rings. The van der Waals surface area contributed by atoms with Crippen molar-refractivity contribution in [1.82, 2.24) is 36.8 Å². The highest BCUT2D eigenvalue weighted by molar-refractivity contribution is 4.69. The predicted octanol–water partition coefficient (Wildman–Crippen LogP) is 24.3. The molecule has 0 saturated carbocycles. The van der Waals surface area contributed by atoms with Crippen molar-refractivity contribution in [2.45, 2.75) is 395 Å². The zero-order chi connectivity index (χ0) is 77.8. The molecule has 0 aromatic heterocycles. The van der Waals surface area contributed by atoms with E-state index >= 15 is 0 Å². The third kappa shape index (κ3) is 173. The molecule has 9 nitrogen and oxygen atoms in total. The Bertz CT molecular complexity index is 1360. The van der Waals surface area contributed by atoms with Crippen LogP contribution in [0.5, 0.6) is 0 Å². The van der Waals surface area contributed by atoms with Crippen LogP contribution < -0.4 is 37.6 Å². The normalized spacial score (nSPS) is 12.2. The predicted molar refractivity (Wildman–Crippen MR) is 457 cm³/mol. The van der Waals surface area contributed by atoms with Gasteiger partial charge in [-0.05, 0) is 201 Å². The number of nitrogens with two attached hydrogens (primary N) is 1. The second-order valence-electron chi connectivity index (χ2n) is 41.1. The van der Waals surface area contributed by atoms with E-state index in [9.17, 15) is 0 Å². The number of quaternary nitrogens is 1. The Hall–Kier alpha value is -0.360. The van der Waals surface area contributed by atoms with E-state index in [2.05, 4.69) is 294 Å². The van der Waals surface area contributed by atoms with Crippen LogP contribution in [0, 0.1) is 48.7 Å². The van der Waals surface area contributed by atoms with Crippen LogP contribution in [0.1, 0.15) is 395 Å². The summed E-state index contributed by atoms with van der Waals surface area (Å²) in [6.45, 7) is 88.1. The SMILES string of the molecule is CC(C)(C)CN.CC(C)(C)C[N+](C)(C)C.CCCCCCCCCNCCCC(C)(C)C.CCCCCCCCCNCCCC(C)(C)C.CCCCCCNCC(C)(C)C.CCCCCCNCC(C)(C)C.CCCNCC(C)(C)C.CN(C)CC(C)(C)C.CNCC(C)(C)C. The summed E-state index contributed by atoms with van der Waals surface area (Å²) in [5.74, 6) is 0. The van der Waals surface area contributed by atoms with Crippen molar-refractivity contribution in [1.29, 1.82) is 0 Å².